The molecule has 0 radical (unpaired) electrons. The number of halogens is 4. The van der Waals surface area contributed by atoms with Crippen molar-refractivity contribution in [2.75, 3.05) is 17.6 Å². The van der Waals surface area contributed by atoms with E-state index in [4.69, 9.17) is 0 Å². The summed E-state index contributed by atoms with van der Waals surface area (Å²) < 4.78 is 37.3. The molecule has 0 saturated heterocycles. The van der Waals surface area contributed by atoms with Gasteiger partial charge in [-0.2, -0.15) is 13.2 Å². The molecule has 0 saturated carbocycles. The van der Waals surface area contributed by atoms with E-state index in [0.717, 1.165) is 21.9 Å². The van der Waals surface area contributed by atoms with Gasteiger partial charge in [0.15, 0.2) is 4.34 Å². The number of benzene rings is 1. The van der Waals surface area contributed by atoms with Gasteiger partial charge >= 0.3 is 6.18 Å². The van der Waals surface area contributed by atoms with Crippen LogP contribution in [0.4, 0.5) is 24.0 Å². The maximum Gasteiger partial charge on any atom is 0.405 e. The topological polar surface area (TPSA) is 66.9 Å². The quantitative estimate of drug-likeness (QED) is 0.687. The van der Waals surface area contributed by atoms with Gasteiger partial charge in [-0.05, 0) is 18.2 Å². The zero-order chi connectivity index (χ0) is 16.9. The van der Waals surface area contributed by atoms with Gasteiger partial charge in [0, 0.05) is 10.2 Å². The second kappa shape index (κ2) is 7.97. The monoisotopic (exact) mass is 426 g/mol. The van der Waals surface area contributed by atoms with Crippen LogP contribution in [-0.4, -0.2) is 34.6 Å². The minimum Gasteiger partial charge on any atom is -0.346 e. The molecule has 1 heterocycles. The fourth-order valence-corrected chi connectivity index (χ4v) is 3.39. The van der Waals surface area contributed by atoms with Crippen molar-refractivity contribution < 1.29 is 18.0 Å². The SMILES string of the molecule is O=C(CSc1nnc(Nc2cccc(Br)c2)s1)NCC(F)(F)F. The number of hydrogen-bond acceptors (Lipinski definition) is 6. The van der Waals surface area contributed by atoms with Crippen LogP contribution in [0.25, 0.3) is 0 Å². The van der Waals surface area contributed by atoms with E-state index < -0.39 is 18.6 Å². The van der Waals surface area contributed by atoms with Gasteiger partial charge in [-0.15, -0.1) is 10.2 Å². The first kappa shape index (κ1) is 18.0. The lowest BCUT2D eigenvalue weighted by molar-refractivity contribution is -0.136. The van der Waals surface area contributed by atoms with Crippen molar-refractivity contribution >= 4 is 55.8 Å². The molecule has 0 unspecified atom stereocenters. The van der Waals surface area contributed by atoms with E-state index in [2.05, 4.69) is 31.4 Å². The van der Waals surface area contributed by atoms with E-state index in [1.807, 2.05) is 24.3 Å². The third kappa shape index (κ3) is 6.75. The number of aromatic nitrogens is 2. The lowest BCUT2D eigenvalue weighted by Crippen LogP contribution is -2.34. The number of amides is 1. The van der Waals surface area contributed by atoms with Crippen molar-refractivity contribution in [2.45, 2.75) is 10.5 Å². The summed E-state index contributed by atoms with van der Waals surface area (Å²) in [6.45, 7) is -1.34. The predicted molar refractivity (Wildman–Crippen MR) is 87.1 cm³/mol. The summed E-state index contributed by atoms with van der Waals surface area (Å²) in [6.07, 6.45) is -4.41. The third-order valence-corrected chi connectivity index (χ3v) is 4.76. The predicted octanol–water partition coefficient (Wildman–Crippen LogP) is 3.81. The molecular formula is C12H10BrF3N4OS2. The Hall–Kier alpha value is -1.33. The standard InChI is InChI=1S/C12H10BrF3N4OS2/c13-7-2-1-3-8(4-7)18-10-19-20-11(23-10)22-5-9(21)17-6-12(14,15)16/h1-4H,5-6H2,(H,17,21)(H,18,19). The van der Waals surface area contributed by atoms with Crippen molar-refractivity contribution in [1.29, 1.82) is 0 Å². The summed E-state index contributed by atoms with van der Waals surface area (Å²) in [4.78, 5) is 11.3. The van der Waals surface area contributed by atoms with Crippen LogP contribution in [0.5, 0.6) is 0 Å². The normalized spacial score (nSPS) is 11.3. The lowest BCUT2D eigenvalue weighted by Gasteiger charge is -2.07. The zero-order valence-corrected chi connectivity index (χ0v) is 14.6. The Bertz CT molecular complexity index is 680. The van der Waals surface area contributed by atoms with E-state index >= 15 is 0 Å². The number of nitrogens with one attached hydrogen (secondary N) is 2. The fourth-order valence-electron chi connectivity index (χ4n) is 1.39. The largest absolute Gasteiger partial charge is 0.405 e. The second-order valence-electron chi connectivity index (χ2n) is 4.19. The number of nitrogens with zero attached hydrogens (tertiary/aromatic N) is 2. The van der Waals surface area contributed by atoms with Crippen LogP contribution in [0.3, 0.4) is 0 Å². The minimum atomic E-state index is -4.41. The average Bonchev–Trinajstić information content (AvgIpc) is 2.90. The molecule has 0 spiro atoms. The van der Waals surface area contributed by atoms with E-state index in [0.29, 0.717) is 9.47 Å². The molecule has 0 aliphatic carbocycles. The van der Waals surface area contributed by atoms with Crippen molar-refractivity contribution in [3.63, 3.8) is 0 Å². The maximum atomic E-state index is 12.0. The molecule has 23 heavy (non-hydrogen) atoms. The summed E-state index contributed by atoms with van der Waals surface area (Å²) in [6, 6.07) is 7.45. The highest BCUT2D eigenvalue weighted by Gasteiger charge is 2.27. The Labute approximate surface area is 146 Å². The molecule has 2 aromatic rings. The number of carbonyl (C=O) groups excluding carboxylic acids is 1. The number of carbonyl (C=O) groups is 1. The first-order valence-electron chi connectivity index (χ1n) is 6.14. The molecule has 0 bridgehead atoms. The summed E-state index contributed by atoms with van der Waals surface area (Å²) >= 11 is 5.59. The highest BCUT2D eigenvalue weighted by Crippen LogP contribution is 2.28. The van der Waals surface area contributed by atoms with Crippen LogP contribution in [0.15, 0.2) is 33.1 Å². The van der Waals surface area contributed by atoms with Crippen molar-refractivity contribution in [3.8, 4) is 0 Å². The summed E-state index contributed by atoms with van der Waals surface area (Å²) in [5.41, 5.74) is 0.815. The average molecular weight is 427 g/mol. The highest BCUT2D eigenvalue weighted by molar-refractivity contribution is 9.10. The molecule has 1 aromatic carbocycles. The lowest BCUT2D eigenvalue weighted by atomic mass is 10.3. The molecule has 11 heteroatoms. The van der Waals surface area contributed by atoms with Gasteiger partial charge in [-0.3, -0.25) is 4.79 Å². The first-order chi connectivity index (χ1) is 10.8. The van der Waals surface area contributed by atoms with Crippen LogP contribution in [0.1, 0.15) is 0 Å². The Morgan fingerprint density at radius 1 is 1.35 bits per heavy atom. The molecular weight excluding hydrogens is 417 g/mol. The smallest absolute Gasteiger partial charge is 0.346 e. The molecule has 2 N–H and O–H groups in total. The highest BCUT2D eigenvalue weighted by atomic mass is 79.9. The molecule has 0 aliphatic rings. The molecule has 2 rings (SSSR count). The van der Waals surface area contributed by atoms with Crippen LogP contribution in [0, 0.1) is 0 Å². The van der Waals surface area contributed by atoms with Crippen LogP contribution in [-0.2, 0) is 4.79 Å². The minimum absolute atomic E-state index is 0.151. The summed E-state index contributed by atoms with van der Waals surface area (Å²) in [5, 5.41) is 13.2. The Kier molecular flexibility index (Phi) is 6.25. The molecule has 0 aliphatic heterocycles. The van der Waals surface area contributed by atoms with E-state index in [1.54, 1.807) is 5.32 Å². The molecule has 0 fully saturated rings. The third-order valence-electron chi connectivity index (χ3n) is 2.30. The zero-order valence-electron chi connectivity index (χ0n) is 11.4. The van der Waals surface area contributed by atoms with E-state index in [9.17, 15) is 18.0 Å². The van der Waals surface area contributed by atoms with Gasteiger partial charge in [0.1, 0.15) is 6.54 Å². The molecule has 124 valence electrons. The fraction of sp³-hybridized carbons (Fsp3) is 0.250. The van der Waals surface area contributed by atoms with Gasteiger partial charge in [0.2, 0.25) is 11.0 Å². The van der Waals surface area contributed by atoms with Gasteiger partial charge in [0.25, 0.3) is 0 Å². The first-order valence-corrected chi connectivity index (χ1v) is 8.74. The summed E-state index contributed by atoms with van der Waals surface area (Å²) in [5.74, 6) is -0.856. The Balaban J connectivity index is 1.82. The van der Waals surface area contributed by atoms with E-state index in [-0.39, 0.29) is 5.75 Å². The van der Waals surface area contributed by atoms with Crippen molar-refractivity contribution in [3.05, 3.63) is 28.7 Å². The Morgan fingerprint density at radius 2 is 2.13 bits per heavy atom. The molecule has 0 atom stereocenters. The second-order valence-corrected chi connectivity index (χ2v) is 7.30. The van der Waals surface area contributed by atoms with Gasteiger partial charge in [-0.25, -0.2) is 0 Å². The summed E-state index contributed by atoms with van der Waals surface area (Å²) in [7, 11) is 0. The maximum absolute atomic E-state index is 12.0. The van der Waals surface area contributed by atoms with E-state index in [1.165, 1.54) is 11.3 Å². The van der Waals surface area contributed by atoms with Gasteiger partial charge in [-0.1, -0.05) is 45.1 Å². The van der Waals surface area contributed by atoms with Crippen LogP contribution in [0.2, 0.25) is 0 Å². The number of alkyl halides is 3. The number of thioether (sulfide) groups is 1. The van der Waals surface area contributed by atoms with Crippen molar-refractivity contribution in [1.82, 2.24) is 15.5 Å². The number of hydrogen-bond donors (Lipinski definition) is 2. The van der Waals surface area contributed by atoms with Crippen LogP contribution < -0.4 is 10.6 Å². The van der Waals surface area contributed by atoms with Gasteiger partial charge in [0.05, 0.1) is 5.75 Å². The van der Waals surface area contributed by atoms with Gasteiger partial charge < -0.3 is 10.6 Å². The number of anilines is 2. The molecule has 5 nitrogen and oxygen atoms in total. The number of rotatable bonds is 6. The molecule has 1 aromatic heterocycles. The van der Waals surface area contributed by atoms with Crippen molar-refractivity contribution in [2.24, 2.45) is 0 Å². The van der Waals surface area contributed by atoms with Crippen LogP contribution >= 0.6 is 39.0 Å². The Morgan fingerprint density at radius 3 is 2.83 bits per heavy atom. The molecule has 1 amide bonds.